The van der Waals surface area contributed by atoms with Gasteiger partial charge in [0, 0.05) is 10.0 Å². The largest absolute Gasteiger partial charge is 0.402 e. The number of rotatable bonds is 2. The molecule has 0 unspecified atom stereocenters. The maximum Gasteiger partial charge on any atom is 0.363 e. The van der Waals surface area contributed by atoms with Crippen molar-refractivity contribution in [1.82, 2.24) is 0 Å². The second-order valence-corrected chi connectivity index (χ2v) is 5.49. The number of hydrogen-bond acceptors (Lipinski definition) is 4. The molecule has 5 heteroatoms. The average Bonchev–Trinajstić information content (AvgIpc) is 2.90. The Morgan fingerprint density at radius 1 is 1.09 bits per heavy atom. The fourth-order valence-electron chi connectivity index (χ4n) is 1.94. The first-order valence-electron chi connectivity index (χ1n) is 6.44. The summed E-state index contributed by atoms with van der Waals surface area (Å²) in [6, 6.07) is 16.3. The predicted octanol–water partition coefficient (Wildman–Crippen LogP) is 3.67. The molecular formula is C17H9BrN2O2. The summed E-state index contributed by atoms with van der Waals surface area (Å²) >= 11 is 3.35. The zero-order valence-electron chi connectivity index (χ0n) is 11.3. The molecule has 3 rings (SSSR count). The molecule has 0 aromatic heterocycles. The van der Waals surface area contributed by atoms with Crippen LogP contribution in [0.2, 0.25) is 0 Å². The van der Waals surface area contributed by atoms with Crippen LogP contribution in [0.25, 0.3) is 6.08 Å². The third-order valence-corrected chi connectivity index (χ3v) is 3.58. The number of carbonyl (C=O) groups is 1. The van der Waals surface area contributed by atoms with E-state index in [0.717, 1.165) is 15.6 Å². The molecule has 0 amide bonds. The summed E-state index contributed by atoms with van der Waals surface area (Å²) in [5, 5.41) is 8.77. The zero-order chi connectivity index (χ0) is 15.5. The van der Waals surface area contributed by atoms with Gasteiger partial charge in [-0.2, -0.15) is 5.26 Å². The zero-order valence-corrected chi connectivity index (χ0v) is 12.9. The predicted molar refractivity (Wildman–Crippen MR) is 85.9 cm³/mol. The van der Waals surface area contributed by atoms with Gasteiger partial charge in [-0.05, 0) is 48.0 Å². The highest BCUT2D eigenvalue weighted by Crippen LogP contribution is 2.20. The van der Waals surface area contributed by atoms with Crippen LogP contribution in [0.1, 0.15) is 16.7 Å². The van der Waals surface area contributed by atoms with Crippen molar-refractivity contribution in [3.05, 3.63) is 75.4 Å². The molecule has 0 atom stereocenters. The Morgan fingerprint density at radius 3 is 2.41 bits per heavy atom. The molecule has 2 aromatic rings. The van der Waals surface area contributed by atoms with E-state index in [1.165, 1.54) is 0 Å². The number of aliphatic imine (C=N–C) groups is 1. The van der Waals surface area contributed by atoms with Gasteiger partial charge < -0.3 is 4.74 Å². The molecule has 0 saturated carbocycles. The van der Waals surface area contributed by atoms with Crippen molar-refractivity contribution in [2.75, 3.05) is 0 Å². The number of nitrogens with zero attached hydrogens (tertiary/aromatic N) is 2. The van der Waals surface area contributed by atoms with Crippen molar-refractivity contribution in [1.29, 1.82) is 5.26 Å². The summed E-state index contributed by atoms with van der Waals surface area (Å²) in [6.07, 6.45) is 1.63. The molecule has 0 radical (unpaired) electrons. The first-order valence-corrected chi connectivity index (χ1v) is 7.24. The van der Waals surface area contributed by atoms with Crippen LogP contribution in [0.3, 0.4) is 0 Å². The second kappa shape index (κ2) is 5.96. The van der Waals surface area contributed by atoms with Crippen LogP contribution in [0, 0.1) is 11.3 Å². The van der Waals surface area contributed by atoms with Crippen LogP contribution in [0.5, 0.6) is 0 Å². The summed E-state index contributed by atoms with van der Waals surface area (Å²) in [5.41, 5.74) is 2.32. The molecule has 0 N–H and O–H groups in total. The molecule has 0 bridgehead atoms. The van der Waals surface area contributed by atoms with Gasteiger partial charge in [-0.3, -0.25) is 0 Å². The van der Waals surface area contributed by atoms with Crippen LogP contribution in [0.4, 0.5) is 0 Å². The lowest BCUT2D eigenvalue weighted by atomic mass is 10.1. The number of benzene rings is 2. The Kier molecular flexibility index (Phi) is 3.86. The molecule has 22 heavy (non-hydrogen) atoms. The Hall–Kier alpha value is -2.71. The van der Waals surface area contributed by atoms with Crippen molar-refractivity contribution in [2.24, 2.45) is 4.99 Å². The van der Waals surface area contributed by atoms with E-state index < -0.39 is 5.97 Å². The molecule has 0 fully saturated rings. The van der Waals surface area contributed by atoms with E-state index in [9.17, 15) is 4.79 Å². The molecule has 1 heterocycles. The number of halogens is 1. The summed E-state index contributed by atoms with van der Waals surface area (Å²) in [6.45, 7) is 0. The van der Waals surface area contributed by atoms with Crippen molar-refractivity contribution in [2.45, 2.75) is 0 Å². The maximum absolute atomic E-state index is 11.9. The number of hydrogen-bond donors (Lipinski definition) is 0. The number of cyclic esters (lactones) is 1. The fraction of sp³-hybridized carbons (Fsp3) is 0. The number of ether oxygens (including phenoxy) is 1. The van der Waals surface area contributed by atoms with Gasteiger partial charge >= 0.3 is 5.97 Å². The van der Waals surface area contributed by atoms with Gasteiger partial charge in [-0.1, -0.05) is 28.1 Å². The van der Waals surface area contributed by atoms with Crippen LogP contribution in [0.15, 0.2) is 63.7 Å². The molecular weight excluding hydrogens is 344 g/mol. The average molecular weight is 353 g/mol. The van der Waals surface area contributed by atoms with Crippen molar-refractivity contribution in [3.63, 3.8) is 0 Å². The van der Waals surface area contributed by atoms with E-state index in [4.69, 9.17) is 10.00 Å². The Morgan fingerprint density at radius 2 is 1.77 bits per heavy atom. The van der Waals surface area contributed by atoms with E-state index in [1.54, 1.807) is 30.3 Å². The highest BCUT2D eigenvalue weighted by molar-refractivity contribution is 9.10. The first kappa shape index (κ1) is 14.2. The number of esters is 1. The van der Waals surface area contributed by atoms with E-state index in [1.807, 2.05) is 30.3 Å². The molecule has 2 aromatic carbocycles. The molecule has 0 spiro atoms. The van der Waals surface area contributed by atoms with Gasteiger partial charge in [-0.15, -0.1) is 0 Å². The lowest BCUT2D eigenvalue weighted by Gasteiger charge is -1.98. The molecule has 4 nitrogen and oxygen atoms in total. The Bertz CT molecular complexity index is 828. The number of nitriles is 1. The molecule has 0 saturated heterocycles. The quantitative estimate of drug-likeness (QED) is 0.611. The third-order valence-electron chi connectivity index (χ3n) is 3.05. The van der Waals surface area contributed by atoms with Gasteiger partial charge in [0.05, 0.1) is 11.6 Å². The van der Waals surface area contributed by atoms with Gasteiger partial charge in [0.25, 0.3) is 0 Å². The standard InChI is InChI=1S/C17H9BrN2O2/c18-14-7-5-13(6-8-14)16-20-15(17(21)22-16)9-11-1-3-12(10-19)4-2-11/h1-9H. The lowest BCUT2D eigenvalue weighted by Crippen LogP contribution is -2.05. The van der Waals surface area contributed by atoms with Gasteiger partial charge in [0.1, 0.15) is 0 Å². The van der Waals surface area contributed by atoms with Crippen molar-refractivity contribution < 1.29 is 9.53 Å². The maximum atomic E-state index is 11.9. The van der Waals surface area contributed by atoms with Crippen LogP contribution >= 0.6 is 15.9 Å². The smallest absolute Gasteiger partial charge is 0.363 e. The third kappa shape index (κ3) is 2.97. The minimum atomic E-state index is -0.484. The van der Waals surface area contributed by atoms with Crippen LogP contribution < -0.4 is 0 Å². The van der Waals surface area contributed by atoms with E-state index in [-0.39, 0.29) is 11.6 Å². The Balaban J connectivity index is 1.90. The summed E-state index contributed by atoms with van der Waals surface area (Å²) in [4.78, 5) is 16.1. The van der Waals surface area contributed by atoms with Gasteiger partial charge in [-0.25, -0.2) is 9.79 Å². The topological polar surface area (TPSA) is 62.4 Å². The SMILES string of the molecule is N#Cc1ccc(C=C2N=C(c3ccc(Br)cc3)OC2=O)cc1. The normalized spacial score (nSPS) is 15.4. The van der Waals surface area contributed by atoms with E-state index >= 15 is 0 Å². The highest BCUT2D eigenvalue weighted by Gasteiger charge is 2.23. The molecule has 0 aliphatic carbocycles. The first-order chi connectivity index (χ1) is 10.7. The van der Waals surface area contributed by atoms with Crippen LogP contribution in [-0.4, -0.2) is 11.9 Å². The highest BCUT2D eigenvalue weighted by atomic mass is 79.9. The van der Waals surface area contributed by atoms with Crippen molar-refractivity contribution in [3.8, 4) is 6.07 Å². The summed E-state index contributed by atoms with van der Waals surface area (Å²) in [5.74, 6) is -0.195. The lowest BCUT2D eigenvalue weighted by molar-refractivity contribution is -0.129. The van der Waals surface area contributed by atoms with Gasteiger partial charge in [0.2, 0.25) is 5.90 Å². The minimum absolute atomic E-state index is 0.239. The summed E-state index contributed by atoms with van der Waals surface area (Å²) in [7, 11) is 0. The van der Waals surface area contributed by atoms with Gasteiger partial charge in [0.15, 0.2) is 5.70 Å². The summed E-state index contributed by atoms with van der Waals surface area (Å²) < 4.78 is 6.13. The molecule has 1 aliphatic rings. The van der Waals surface area contributed by atoms with E-state index in [2.05, 4.69) is 20.9 Å². The molecule has 1 aliphatic heterocycles. The fourth-order valence-corrected chi connectivity index (χ4v) is 2.20. The van der Waals surface area contributed by atoms with Crippen LogP contribution in [-0.2, 0) is 9.53 Å². The molecule has 106 valence electrons. The minimum Gasteiger partial charge on any atom is -0.402 e. The Labute approximate surface area is 135 Å². The van der Waals surface area contributed by atoms with E-state index in [0.29, 0.717) is 5.56 Å². The monoisotopic (exact) mass is 352 g/mol. The van der Waals surface area contributed by atoms with Crippen molar-refractivity contribution >= 4 is 33.9 Å². The number of carbonyl (C=O) groups excluding carboxylic acids is 1. The second-order valence-electron chi connectivity index (χ2n) is 4.58.